The molecular formula is C14H23N. The van der Waals surface area contributed by atoms with Gasteiger partial charge in [0.1, 0.15) is 0 Å². The van der Waals surface area contributed by atoms with Crippen molar-refractivity contribution < 1.29 is 0 Å². The molecule has 0 N–H and O–H groups in total. The summed E-state index contributed by atoms with van der Waals surface area (Å²) >= 11 is 0. The van der Waals surface area contributed by atoms with E-state index < -0.39 is 0 Å². The van der Waals surface area contributed by atoms with E-state index in [1.165, 1.54) is 42.5 Å². The van der Waals surface area contributed by atoms with E-state index in [-0.39, 0.29) is 0 Å². The summed E-state index contributed by atoms with van der Waals surface area (Å²) in [6.07, 6.45) is 7.96. The van der Waals surface area contributed by atoms with Crippen molar-refractivity contribution in [2.24, 2.45) is 10.9 Å². The summed E-state index contributed by atoms with van der Waals surface area (Å²) in [5, 5.41) is 0. The summed E-state index contributed by atoms with van der Waals surface area (Å²) < 4.78 is 0. The molecule has 1 aliphatic carbocycles. The third kappa shape index (κ3) is 3.33. The number of allylic oxidation sites excluding steroid dienone is 2. The Balaban J connectivity index is 3.03. The molecule has 0 aromatic rings. The van der Waals surface area contributed by atoms with Gasteiger partial charge in [-0.15, -0.1) is 0 Å². The highest BCUT2D eigenvalue weighted by molar-refractivity contribution is 6.01. The van der Waals surface area contributed by atoms with Gasteiger partial charge in [0.05, 0.1) is 0 Å². The zero-order chi connectivity index (χ0) is 11.3. The van der Waals surface area contributed by atoms with E-state index in [2.05, 4.69) is 32.3 Å². The Hall–Kier alpha value is -0.850. The Bertz CT molecular complexity index is 282. The zero-order valence-corrected chi connectivity index (χ0v) is 10.3. The van der Waals surface area contributed by atoms with Crippen LogP contribution in [0.3, 0.4) is 0 Å². The van der Waals surface area contributed by atoms with Crippen LogP contribution < -0.4 is 0 Å². The highest BCUT2D eigenvalue weighted by Gasteiger charge is 2.15. The first-order valence-corrected chi connectivity index (χ1v) is 6.04. The van der Waals surface area contributed by atoms with Gasteiger partial charge in [-0.05, 0) is 44.1 Å². The lowest BCUT2D eigenvalue weighted by Gasteiger charge is -2.14. The molecule has 0 aliphatic heterocycles. The fourth-order valence-corrected chi connectivity index (χ4v) is 2.09. The van der Waals surface area contributed by atoms with Crippen LogP contribution in [0.5, 0.6) is 0 Å². The van der Waals surface area contributed by atoms with Gasteiger partial charge in [-0.1, -0.05) is 32.4 Å². The Labute approximate surface area is 94.0 Å². The van der Waals surface area contributed by atoms with Crippen molar-refractivity contribution in [1.29, 1.82) is 0 Å². The van der Waals surface area contributed by atoms with Gasteiger partial charge in [0, 0.05) is 11.9 Å². The van der Waals surface area contributed by atoms with Gasteiger partial charge in [-0.2, -0.15) is 0 Å². The third-order valence-corrected chi connectivity index (χ3v) is 3.28. The molecule has 1 heteroatoms. The first-order chi connectivity index (χ1) is 7.16. The second-order valence-corrected chi connectivity index (χ2v) is 4.64. The molecule has 0 amide bonds. The minimum Gasteiger partial charge on any atom is -0.262 e. The second kappa shape index (κ2) is 5.89. The summed E-state index contributed by atoms with van der Waals surface area (Å²) in [6.45, 7) is 10.5. The number of nitrogens with zero attached hydrogens (tertiary/aromatic N) is 1. The van der Waals surface area contributed by atoms with Gasteiger partial charge in [-0.3, -0.25) is 4.99 Å². The van der Waals surface area contributed by atoms with Gasteiger partial charge >= 0.3 is 0 Å². The Morgan fingerprint density at radius 2 is 1.93 bits per heavy atom. The van der Waals surface area contributed by atoms with Crippen LogP contribution in [0.1, 0.15) is 52.9 Å². The molecule has 84 valence electrons. The normalized spacial score (nSPS) is 24.1. The Kier molecular flexibility index (Phi) is 4.80. The zero-order valence-electron chi connectivity index (χ0n) is 10.3. The monoisotopic (exact) mass is 205 g/mol. The molecule has 0 unspecified atom stereocenters. The molecule has 1 fully saturated rings. The lowest BCUT2D eigenvalue weighted by atomic mass is 9.93. The number of rotatable bonds is 2. The molecule has 1 rings (SSSR count). The molecule has 0 aromatic carbocycles. The molecule has 0 radical (unpaired) electrons. The van der Waals surface area contributed by atoms with Gasteiger partial charge in [-0.25, -0.2) is 0 Å². The second-order valence-electron chi connectivity index (χ2n) is 4.64. The molecule has 1 nitrogen and oxygen atoms in total. The van der Waals surface area contributed by atoms with Crippen molar-refractivity contribution in [3.63, 3.8) is 0 Å². The van der Waals surface area contributed by atoms with Crippen LogP contribution in [0.4, 0.5) is 0 Å². The molecular weight excluding hydrogens is 182 g/mol. The summed E-state index contributed by atoms with van der Waals surface area (Å²) in [6, 6.07) is 0. The molecule has 15 heavy (non-hydrogen) atoms. The predicted octanol–water partition coefficient (Wildman–Crippen LogP) is 4.51. The fraction of sp³-hybridized carbons (Fsp3) is 0.643. The van der Waals surface area contributed by atoms with Gasteiger partial charge in [0.25, 0.3) is 0 Å². The first-order valence-electron chi connectivity index (χ1n) is 6.04. The number of hydrogen-bond donors (Lipinski definition) is 0. The van der Waals surface area contributed by atoms with E-state index in [9.17, 15) is 0 Å². The fourth-order valence-electron chi connectivity index (χ4n) is 2.09. The maximum atomic E-state index is 4.45. The van der Waals surface area contributed by atoms with Crippen molar-refractivity contribution in [1.82, 2.24) is 0 Å². The standard InChI is InChI=1S/C14H23N/c1-5-15-14-10-8-6-7-9-13(14)12(4)11(2)3/h5,11H,1,6-10H2,2-4H3/b13-12+,15-14-. The Morgan fingerprint density at radius 1 is 1.27 bits per heavy atom. The quantitative estimate of drug-likeness (QED) is 0.588. The van der Waals surface area contributed by atoms with Crippen molar-refractivity contribution >= 4 is 5.71 Å². The van der Waals surface area contributed by atoms with Crippen LogP contribution in [0.2, 0.25) is 0 Å². The predicted molar refractivity (Wildman–Crippen MR) is 68.3 cm³/mol. The van der Waals surface area contributed by atoms with Crippen molar-refractivity contribution in [3.05, 3.63) is 23.9 Å². The maximum absolute atomic E-state index is 4.45. The van der Waals surface area contributed by atoms with Crippen LogP contribution in [0.25, 0.3) is 0 Å². The third-order valence-electron chi connectivity index (χ3n) is 3.28. The molecule has 0 aromatic heterocycles. The van der Waals surface area contributed by atoms with Gasteiger partial charge in [0.2, 0.25) is 0 Å². The molecule has 0 spiro atoms. The molecule has 0 atom stereocenters. The van der Waals surface area contributed by atoms with Crippen LogP contribution in [0.15, 0.2) is 28.9 Å². The topological polar surface area (TPSA) is 12.4 Å². The highest BCUT2D eigenvalue weighted by Crippen LogP contribution is 2.26. The minimum absolute atomic E-state index is 0.633. The summed E-state index contributed by atoms with van der Waals surface area (Å²) in [5.74, 6) is 0.633. The average Bonchev–Trinajstić information content (AvgIpc) is 2.43. The highest BCUT2D eigenvalue weighted by atomic mass is 14.7. The molecule has 1 aliphatic rings. The van der Waals surface area contributed by atoms with Crippen molar-refractivity contribution in [3.8, 4) is 0 Å². The molecule has 0 saturated heterocycles. The summed E-state index contributed by atoms with van der Waals surface area (Å²) in [4.78, 5) is 4.45. The van der Waals surface area contributed by atoms with E-state index in [0.29, 0.717) is 5.92 Å². The largest absolute Gasteiger partial charge is 0.262 e. The van der Waals surface area contributed by atoms with E-state index in [1.807, 2.05) is 0 Å². The van der Waals surface area contributed by atoms with Crippen LogP contribution in [-0.2, 0) is 0 Å². The molecule has 1 saturated carbocycles. The van der Waals surface area contributed by atoms with E-state index >= 15 is 0 Å². The summed E-state index contributed by atoms with van der Waals surface area (Å²) in [7, 11) is 0. The Morgan fingerprint density at radius 3 is 2.53 bits per heavy atom. The van der Waals surface area contributed by atoms with E-state index in [1.54, 1.807) is 6.20 Å². The van der Waals surface area contributed by atoms with E-state index in [0.717, 1.165) is 6.42 Å². The van der Waals surface area contributed by atoms with Gasteiger partial charge in [0.15, 0.2) is 0 Å². The van der Waals surface area contributed by atoms with Crippen LogP contribution in [-0.4, -0.2) is 5.71 Å². The first kappa shape index (κ1) is 12.2. The average molecular weight is 205 g/mol. The maximum Gasteiger partial charge on any atom is 0.0434 e. The molecule has 0 bridgehead atoms. The van der Waals surface area contributed by atoms with Crippen molar-refractivity contribution in [2.45, 2.75) is 52.9 Å². The van der Waals surface area contributed by atoms with Crippen LogP contribution in [0, 0.1) is 5.92 Å². The smallest absolute Gasteiger partial charge is 0.0434 e. The lowest BCUT2D eigenvalue weighted by molar-refractivity contribution is 0.710. The van der Waals surface area contributed by atoms with Crippen LogP contribution >= 0.6 is 0 Å². The summed E-state index contributed by atoms with van der Waals surface area (Å²) in [5.41, 5.74) is 4.30. The SMILES string of the molecule is C=C/N=C1/CCCCC/C1=C(/C)C(C)C. The number of hydrogen-bond acceptors (Lipinski definition) is 1. The molecule has 0 heterocycles. The van der Waals surface area contributed by atoms with Gasteiger partial charge < -0.3 is 0 Å². The minimum atomic E-state index is 0.633. The van der Waals surface area contributed by atoms with Crippen molar-refractivity contribution in [2.75, 3.05) is 0 Å². The number of aliphatic imine (C=N–C) groups is 1. The van der Waals surface area contributed by atoms with E-state index in [4.69, 9.17) is 0 Å². The lowest BCUT2D eigenvalue weighted by Crippen LogP contribution is -2.06.